The van der Waals surface area contributed by atoms with Crippen molar-refractivity contribution in [1.29, 1.82) is 0 Å². The van der Waals surface area contributed by atoms with E-state index in [-0.39, 0.29) is 12.1 Å². The lowest BCUT2D eigenvalue weighted by Crippen LogP contribution is -2.28. The highest BCUT2D eigenvalue weighted by Gasteiger charge is 2.13. The number of pyridine rings is 1. The summed E-state index contributed by atoms with van der Waals surface area (Å²) in [5.41, 5.74) is 7.86. The van der Waals surface area contributed by atoms with E-state index >= 15 is 0 Å². The van der Waals surface area contributed by atoms with Gasteiger partial charge in [0.05, 0.1) is 18.9 Å². The van der Waals surface area contributed by atoms with E-state index in [0.29, 0.717) is 25.3 Å². The largest absolute Gasteiger partial charge is 0.493 e. The smallest absolute Gasteiger partial charge is 0.255 e. The van der Waals surface area contributed by atoms with E-state index < -0.39 is 0 Å². The monoisotopic (exact) mass is 302 g/mol. The minimum atomic E-state index is -0.0802. The average molecular weight is 302 g/mol. The van der Waals surface area contributed by atoms with Crippen LogP contribution in [0.15, 0.2) is 41.2 Å². The molecule has 0 saturated heterocycles. The van der Waals surface area contributed by atoms with Crippen molar-refractivity contribution in [1.82, 2.24) is 4.57 Å². The summed E-state index contributed by atoms with van der Waals surface area (Å²) in [5.74, 6) is 0.760. The van der Waals surface area contributed by atoms with Crippen molar-refractivity contribution in [2.45, 2.75) is 20.0 Å². The van der Waals surface area contributed by atoms with Gasteiger partial charge in [0.1, 0.15) is 5.75 Å². The Morgan fingerprint density at radius 3 is 2.64 bits per heavy atom. The van der Waals surface area contributed by atoms with Gasteiger partial charge >= 0.3 is 0 Å². The van der Waals surface area contributed by atoms with E-state index in [1.807, 2.05) is 37.3 Å². The molecular formula is C17H22N2O3. The van der Waals surface area contributed by atoms with Gasteiger partial charge in [0.2, 0.25) is 0 Å². The molecule has 22 heavy (non-hydrogen) atoms. The highest BCUT2D eigenvalue weighted by atomic mass is 16.5. The van der Waals surface area contributed by atoms with Crippen LogP contribution >= 0.6 is 0 Å². The molecule has 1 heterocycles. The van der Waals surface area contributed by atoms with Crippen LogP contribution in [0.25, 0.3) is 11.3 Å². The van der Waals surface area contributed by atoms with Crippen LogP contribution in [0, 0.1) is 0 Å². The summed E-state index contributed by atoms with van der Waals surface area (Å²) in [6, 6.07) is 11.4. The zero-order valence-corrected chi connectivity index (χ0v) is 13.0. The number of hydrogen-bond donors (Lipinski definition) is 1. The molecule has 5 nitrogen and oxygen atoms in total. The third-order valence-corrected chi connectivity index (χ3v) is 3.45. The van der Waals surface area contributed by atoms with Gasteiger partial charge in [0, 0.05) is 31.3 Å². The van der Waals surface area contributed by atoms with Gasteiger partial charge in [-0.15, -0.1) is 0 Å². The van der Waals surface area contributed by atoms with E-state index in [4.69, 9.17) is 15.2 Å². The Labute approximate surface area is 130 Å². The van der Waals surface area contributed by atoms with Crippen molar-refractivity contribution in [3.8, 4) is 17.0 Å². The standard InChI is InChI=1S/C17H22N2O3/c1-3-22-16-7-5-4-6-14(16)15-9-8-13(12-18)17(20)19(15)10-11-21-2/h4-9H,3,10-12,18H2,1-2H3. The van der Waals surface area contributed by atoms with Gasteiger partial charge in [0.15, 0.2) is 0 Å². The van der Waals surface area contributed by atoms with Crippen molar-refractivity contribution < 1.29 is 9.47 Å². The summed E-state index contributed by atoms with van der Waals surface area (Å²) in [5, 5.41) is 0. The molecule has 2 N–H and O–H groups in total. The normalized spacial score (nSPS) is 10.7. The Balaban J connectivity index is 2.59. The lowest BCUT2D eigenvalue weighted by Gasteiger charge is -2.17. The third kappa shape index (κ3) is 3.37. The molecule has 0 unspecified atom stereocenters. The SMILES string of the molecule is CCOc1ccccc1-c1ccc(CN)c(=O)n1CCOC. The molecule has 0 radical (unpaired) electrons. The Kier molecular flexibility index (Phi) is 5.75. The van der Waals surface area contributed by atoms with Crippen molar-refractivity contribution in [3.05, 3.63) is 52.3 Å². The maximum atomic E-state index is 12.6. The van der Waals surface area contributed by atoms with Gasteiger partial charge in [-0.1, -0.05) is 18.2 Å². The van der Waals surface area contributed by atoms with Gasteiger partial charge in [-0.05, 0) is 25.1 Å². The van der Waals surface area contributed by atoms with Crippen molar-refractivity contribution in [3.63, 3.8) is 0 Å². The molecule has 118 valence electrons. The number of nitrogens with zero attached hydrogens (tertiary/aromatic N) is 1. The number of methoxy groups -OCH3 is 1. The summed E-state index contributed by atoms with van der Waals surface area (Å²) in [7, 11) is 1.62. The van der Waals surface area contributed by atoms with Crippen LogP contribution in [-0.2, 0) is 17.8 Å². The summed E-state index contributed by atoms with van der Waals surface area (Å²) < 4.78 is 12.5. The van der Waals surface area contributed by atoms with Gasteiger partial charge in [-0.2, -0.15) is 0 Å². The van der Waals surface area contributed by atoms with Crippen LogP contribution < -0.4 is 16.0 Å². The van der Waals surface area contributed by atoms with E-state index in [1.54, 1.807) is 17.7 Å². The van der Waals surface area contributed by atoms with E-state index in [9.17, 15) is 4.79 Å². The molecule has 2 aromatic rings. The molecule has 1 aromatic carbocycles. The van der Waals surface area contributed by atoms with E-state index in [0.717, 1.165) is 17.0 Å². The first kappa shape index (κ1) is 16.3. The van der Waals surface area contributed by atoms with Crippen molar-refractivity contribution >= 4 is 0 Å². The molecule has 0 aliphatic carbocycles. The molecule has 0 atom stereocenters. The molecule has 0 amide bonds. The summed E-state index contributed by atoms with van der Waals surface area (Å²) in [6.07, 6.45) is 0. The average Bonchev–Trinajstić information content (AvgIpc) is 2.54. The van der Waals surface area contributed by atoms with E-state index in [2.05, 4.69) is 0 Å². The Hall–Kier alpha value is -2.11. The number of hydrogen-bond acceptors (Lipinski definition) is 4. The second-order valence-corrected chi connectivity index (χ2v) is 4.83. The number of benzene rings is 1. The number of nitrogens with two attached hydrogens (primary N) is 1. The molecule has 0 saturated carbocycles. The minimum Gasteiger partial charge on any atom is -0.493 e. The molecule has 1 aromatic heterocycles. The molecule has 0 spiro atoms. The van der Waals surface area contributed by atoms with Gasteiger partial charge in [-0.3, -0.25) is 4.79 Å². The van der Waals surface area contributed by atoms with Crippen LogP contribution in [0.5, 0.6) is 5.75 Å². The van der Waals surface area contributed by atoms with Crippen molar-refractivity contribution in [2.24, 2.45) is 5.73 Å². The summed E-state index contributed by atoms with van der Waals surface area (Å²) in [4.78, 5) is 12.6. The first-order valence-electron chi connectivity index (χ1n) is 7.36. The predicted molar refractivity (Wildman–Crippen MR) is 87.1 cm³/mol. The predicted octanol–water partition coefficient (Wildman–Crippen LogP) is 2.02. The topological polar surface area (TPSA) is 66.5 Å². The van der Waals surface area contributed by atoms with Crippen molar-refractivity contribution in [2.75, 3.05) is 20.3 Å². The molecule has 0 aliphatic rings. The molecule has 2 rings (SSSR count). The minimum absolute atomic E-state index is 0.0802. The second kappa shape index (κ2) is 7.77. The van der Waals surface area contributed by atoms with E-state index in [1.165, 1.54) is 0 Å². The molecule has 5 heteroatoms. The Morgan fingerprint density at radius 1 is 1.18 bits per heavy atom. The maximum absolute atomic E-state index is 12.6. The maximum Gasteiger partial charge on any atom is 0.255 e. The number of para-hydroxylation sites is 1. The fourth-order valence-electron chi connectivity index (χ4n) is 2.38. The van der Waals surface area contributed by atoms with Gasteiger partial charge in [-0.25, -0.2) is 0 Å². The summed E-state index contributed by atoms with van der Waals surface area (Å²) >= 11 is 0. The van der Waals surface area contributed by atoms with Gasteiger partial charge < -0.3 is 19.8 Å². The molecule has 0 aliphatic heterocycles. The number of aromatic nitrogens is 1. The quantitative estimate of drug-likeness (QED) is 0.849. The van der Waals surface area contributed by atoms with Crippen LogP contribution in [0.2, 0.25) is 0 Å². The van der Waals surface area contributed by atoms with Crippen LogP contribution in [0.1, 0.15) is 12.5 Å². The highest BCUT2D eigenvalue weighted by Crippen LogP contribution is 2.29. The first-order valence-corrected chi connectivity index (χ1v) is 7.36. The van der Waals surface area contributed by atoms with Crippen LogP contribution in [0.4, 0.5) is 0 Å². The zero-order valence-electron chi connectivity index (χ0n) is 13.0. The molecule has 0 fully saturated rings. The fourth-order valence-corrected chi connectivity index (χ4v) is 2.38. The number of rotatable bonds is 7. The molecule has 0 bridgehead atoms. The van der Waals surface area contributed by atoms with Crippen LogP contribution in [-0.4, -0.2) is 24.9 Å². The van der Waals surface area contributed by atoms with Gasteiger partial charge in [0.25, 0.3) is 5.56 Å². The Bertz CT molecular complexity index is 680. The highest BCUT2D eigenvalue weighted by molar-refractivity contribution is 5.67. The zero-order chi connectivity index (χ0) is 15.9. The lowest BCUT2D eigenvalue weighted by molar-refractivity contribution is 0.186. The molecular weight excluding hydrogens is 280 g/mol. The third-order valence-electron chi connectivity index (χ3n) is 3.45. The first-order chi connectivity index (χ1) is 10.7. The fraction of sp³-hybridized carbons (Fsp3) is 0.353. The second-order valence-electron chi connectivity index (χ2n) is 4.83. The Morgan fingerprint density at radius 2 is 1.95 bits per heavy atom. The number of ether oxygens (including phenoxy) is 2. The lowest BCUT2D eigenvalue weighted by atomic mass is 10.1. The van der Waals surface area contributed by atoms with Crippen LogP contribution in [0.3, 0.4) is 0 Å². The summed E-state index contributed by atoms with van der Waals surface area (Å²) in [6.45, 7) is 3.66.